The summed E-state index contributed by atoms with van der Waals surface area (Å²) in [6, 6.07) is -0.185. The first-order valence-electron chi connectivity index (χ1n) is 4.94. The molecule has 0 heterocycles. The second kappa shape index (κ2) is 8.08. The van der Waals surface area contributed by atoms with Crippen molar-refractivity contribution in [3.05, 3.63) is 0 Å². The fourth-order valence-electron chi connectivity index (χ4n) is 0.935. The van der Waals surface area contributed by atoms with Crippen molar-refractivity contribution in [2.75, 3.05) is 18.1 Å². The van der Waals surface area contributed by atoms with Gasteiger partial charge in [-0.25, -0.2) is 0 Å². The highest BCUT2D eigenvalue weighted by Crippen LogP contribution is 2.03. The predicted molar refractivity (Wildman–Crippen MR) is 62.3 cm³/mol. The molecule has 4 nitrogen and oxygen atoms in total. The molecule has 84 valence electrons. The van der Waals surface area contributed by atoms with Gasteiger partial charge in [0.25, 0.3) is 0 Å². The third-order valence-corrected chi connectivity index (χ3v) is 2.88. The van der Waals surface area contributed by atoms with Crippen LogP contribution < -0.4 is 16.8 Å². The SMILES string of the molecule is CCSCCC(C)NCC(N)C(N)=O. The van der Waals surface area contributed by atoms with Gasteiger partial charge in [0.1, 0.15) is 0 Å². The average Bonchev–Trinajstić information content (AvgIpc) is 2.14. The van der Waals surface area contributed by atoms with Crippen LogP contribution in [-0.2, 0) is 4.79 Å². The van der Waals surface area contributed by atoms with Crippen molar-refractivity contribution in [3.8, 4) is 0 Å². The summed E-state index contributed by atoms with van der Waals surface area (Å²) in [6.07, 6.45) is 1.09. The number of thioether (sulfide) groups is 1. The van der Waals surface area contributed by atoms with Gasteiger partial charge in [0.2, 0.25) is 5.91 Å². The Kier molecular flexibility index (Phi) is 7.93. The number of nitrogens with two attached hydrogens (primary N) is 2. The van der Waals surface area contributed by atoms with Gasteiger partial charge in [-0.05, 0) is 24.9 Å². The van der Waals surface area contributed by atoms with Crippen LogP contribution in [0.3, 0.4) is 0 Å². The monoisotopic (exact) mass is 219 g/mol. The molecule has 0 aromatic carbocycles. The Morgan fingerprint density at radius 2 is 2.21 bits per heavy atom. The van der Waals surface area contributed by atoms with E-state index < -0.39 is 11.9 Å². The second-order valence-corrected chi connectivity index (χ2v) is 4.70. The highest BCUT2D eigenvalue weighted by molar-refractivity contribution is 7.99. The lowest BCUT2D eigenvalue weighted by Gasteiger charge is -2.15. The number of hydrogen-bond donors (Lipinski definition) is 3. The summed E-state index contributed by atoms with van der Waals surface area (Å²) in [5.41, 5.74) is 10.5. The average molecular weight is 219 g/mol. The summed E-state index contributed by atoms with van der Waals surface area (Å²) in [5, 5.41) is 3.18. The Morgan fingerprint density at radius 1 is 1.57 bits per heavy atom. The summed E-state index contributed by atoms with van der Waals surface area (Å²) in [7, 11) is 0. The molecule has 2 unspecified atom stereocenters. The number of hydrogen-bond acceptors (Lipinski definition) is 4. The topological polar surface area (TPSA) is 81.1 Å². The van der Waals surface area contributed by atoms with Crippen LogP contribution in [0.25, 0.3) is 0 Å². The summed E-state index contributed by atoms with van der Waals surface area (Å²) in [5.74, 6) is 1.83. The molecule has 2 atom stereocenters. The molecule has 0 saturated heterocycles. The number of rotatable bonds is 8. The zero-order chi connectivity index (χ0) is 11.0. The largest absolute Gasteiger partial charge is 0.368 e. The minimum Gasteiger partial charge on any atom is -0.368 e. The van der Waals surface area contributed by atoms with Crippen molar-refractivity contribution >= 4 is 17.7 Å². The summed E-state index contributed by atoms with van der Waals surface area (Å²) >= 11 is 1.91. The zero-order valence-corrected chi connectivity index (χ0v) is 9.77. The summed E-state index contributed by atoms with van der Waals surface area (Å²) in [6.45, 7) is 4.70. The maximum Gasteiger partial charge on any atom is 0.235 e. The molecule has 0 aliphatic carbocycles. The van der Waals surface area contributed by atoms with Crippen LogP contribution in [0, 0.1) is 0 Å². The molecule has 14 heavy (non-hydrogen) atoms. The molecule has 0 spiro atoms. The maximum atomic E-state index is 10.6. The maximum absolute atomic E-state index is 10.6. The van der Waals surface area contributed by atoms with Gasteiger partial charge in [-0.3, -0.25) is 4.79 Å². The Hall–Kier alpha value is -0.260. The van der Waals surface area contributed by atoms with Crippen LogP contribution in [0.2, 0.25) is 0 Å². The molecule has 0 radical (unpaired) electrons. The molecule has 5 heteroatoms. The molecule has 0 aliphatic rings. The van der Waals surface area contributed by atoms with E-state index in [9.17, 15) is 4.79 Å². The predicted octanol–water partition coefficient (Wildman–Crippen LogP) is -0.0797. The minimum atomic E-state index is -0.573. The number of carbonyl (C=O) groups excluding carboxylic acids is 1. The van der Waals surface area contributed by atoms with Crippen molar-refractivity contribution < 1.29 is 4.79 Å². The van der Waals surface area contributed by atoms with Crippen molar-refractivity contribution in [3.63, 3.8) is 0 Å². The molecular weight excluding hydrogens is 198 g/mol. The number of primary amides is 1. The van der Waals surface area contributed by atoms with Gasteiger partial charge in [0.05, 0.1) is 6.04 Å². The van der Waals surface area contributed by atoms with E-state index in [1.807, 2.05) is 11.8 Å². The molecule has 5 N–H and O–H groups in total. The third-order valence-electron chi connectivity index (χ3n) is 1.95. The fourth-order valence-corrected chi connectivity index (χ4v) is 1.74. The van der Waals surface area contributed by atoms with Gasteiger partial charge >= 0.3 is 0 Å². The van der Waals surface area contributed by atoms with Gasteiger partial charge in [0, 0.05) is 12.6 Å². The lowest BCUT2D eigenvalue weighted by molar-refractivity contribution is -0.119. The Labute approximate surface area is 90.2 Å². The molecule has 0 rings (SSSR count). The summed E-state index contributed by atoms with van der Waals surface area (Å²) < 4.78 is 0. The fraction of sp³-hybridized carbons (Fsp3) is 0.889. The standard InChI is InChI=1S/C9H21N3OS/c1-3-14-5-4-7(2)12-6-8(10)9(11)13/h7-8,12H,3-6,10H2,1-2H3,(H2,11,13). The van der Waals surface area contributed by atoms with E-state index in [0.29, 0.717) is 12.6 Å². The number of nitrogens with one attached hydrogen (secondary N) is 1. The second-order valence-electron chi connectivity index (χ2n) is 3.30. The van der Waals surface area contributed by atoms with E-state index in [4.69, 9.17) is 11.5 Å². The van der Waals surface area contributed by atoms with Crippen molar-refractivity contribution in [1.82, 2.24) is 5.32 Å². The van der Waals surface area contributed by atoms with Crippen LogP contribution in [0.4, 0.5) is 0 Å². The minimum absolute atomic E-state index is 0.388. The smallest absolute Gasteiger partial charge is 0.235 e. The molecule has 0 bridgehead atoms. The van der Waals surface area contributed by atoms with E-state index in [-0.39, 0.29) is 0 Å². The van der Waals surface area contributed by atoms with Gasteiger partial charge in [-0.1, -0.05) is 6.92 Å². The van der Waals surface area contributed by atoms with Crippen LogP contribution in [0.5, 0.6) is 0 Å². The van der Waals surface area contributed by atoms with Crippen LogP contribution in [-0.4, -0.2) is 36.0 Å². The van der Waals surface area contributed by atoms with E-state index in [1.54, 1.807) is 0 Å². The lowest BCUT2D eigenvalue weighted by atomic mass is 10.2. The first-order valence-corrected chi connectivity index (χ1v) is 6.09. The normalized spacial score (nSPS) is 15.1. The lowest BCUT2D eigenvalue weighted by Crippen LogP contribution is -2.46. The number of carbonyl (C=O) groups is 1. The van der Waals surface area contributed by atoms with E-state index >= 15 is 0 Å². The van der Waals surface area contributed by atoms with E-state index in [2.05, 4.69) is 19.2 Å². The van der Waals surface area contributed by atoms with Gasteiger partial charge in [-0.2, -0.15) is 11.8 Å². The first kappa shape index (κ1) is 13.7. The molecule has 0 aliphatic heterocycles. The van der Waals surface area contributed by atoms with Gasteiger partial charge < -0.3 is 16.8 Å². The number of amides is 1. The third kappa shape index (κ3) is 7.17. The molecule has 0 saturated carbocycles. The van der Waals surface area contributed by atoms with Gasteiger partial charge in [-0.15, -0.1) is 0 Å². The van der Waals surface area contributed by atoms with Crippen molar-refractivity contribution in [1.29, 1.82) is 0 Å². The molecular formula is C9H21N3OS. The van der Waals surface area contributed by atoms with Crippen LogP contribution in [0.15, 0.2) is 0 Å². The molecule has 0 aromatic heterocycles. The highest BCUT2D eigenvalue weighted by Gasteiger charge is 2.09. The Morgan fingerprint density at radius 3 is 2.71 bits per heavy atom. The van der Waals surface area contributed by atoms with Crippen LogP contribution in [0.1, 0.15) is 20.3 Å². The molecule has 0 fully saturated rings. The van der Waals surface area contributed by atoms with Crippen molar-refractivity contribution in [2.24, 2.45) is 11.5 Å². The Balaban J connectivity index is 3.43. The van der Waals surface area contributed by atoms with Crippen LogP contribution >= 0.6 is 11.8 Å². The van der Waals surface area contributed by atoms with E-state index in [1.165, 1.54) is 0 Å². The zero-order valence-electron chi connectivity index (χ0n) is 8.95. The Bertz CT molecular complexity index is 166. The van der Waals surface area contributed by atoms with Crippen molar-refractivity contribution in [2.45, 2.75) is 32.4 Å². The first-order chi connectivity index (χ1) is 6.57. The summed E-state index contributed by atoms with van der Waals surface area (Å²) in [4.78, 5) is 10.6. The van der Waals surface area contributed by atoms with Gasteiger partial charge in [0.15, 0.2) is 0 Å². The highest BCUT2D eigenvalue weighted by atomic mass is 32.2. The molecule has 0 aromatic rings. The quantitative estimate of drug-likeness (QED) is 0.499. The molecule has 1 amide bonds. The van der Waals surface area contributed by atoms with E-state index in [0.717, 1.165) is 17.9 Å².